The molecule has 0 aliphatic heterocycles. The number of rotatable bonds is 2. The van der Waals surface area contributed by atoms with Crippen LogP contribution in [0.3, 0.4) is 0 Å². The van der Waals surface area contributed by atoms with E-state index in [1.54, 1.807) is 17.4 Å². The van der Waals surface area contributed by atoms with Crippen molar-refractivity contribution in [3.05, 3.63) is 53.8 Å². The highest BCUT2D eigenvalue weighted by Gasteiger charge is 2.32. The molecule has 1 aromatic heterocycles. The largest absolute Gasteiger partial charge is 0.416 e. The molecule has 0 radical (unpaired) electrons. The van der Waals surface area contributed by atoms with E-state index < -0.39 is 32.9 Å². The Labute approximate surface area is 105 Å². The molecular formula is C11H7F3IS+. The van der Waals surface area contributed by atoms with Crippen molar-refractivity contribution in [2.45, 2.75) is 6.18 Å². The summed E-state index contributed by atoms with van der Waals surface area (Å²) in [4.78, 5) is 0. The fourth-order valence-corrected chi connectivity index (χ4v) is 4.93. The maximum Gasteiger partial charge on any atom is 0.416 e. The highest BCUT2D eigenvalue weighted by atomic mass is 127. The molecule has 0 amide bonds. The smallest absolute Gasteiger partial charge is 0.166 e. The van der Waals surface area contributed by atoms with Crippen LogP contribution in [-0.4, -0.2) is 0 Å². The van der Waals surface area contributed by atoms with Crippen LogP contribution in [0.25, 0.3) is 0 Å². The summed E-state index contributed by atoms with van der Waals surface area (Å²) in [5.41, 5.74) is -0.554. The minimum Gasteiger partial charge on any atom is -0.166 e. The Bertz CT molecular complexity index is 462. The van der Waals surface area contributed by atoms with Crippen LogP contribution in [0.2, 0.25) is 0 Å². The molecule has 0 spiro atoms. The summed E-state index contributed by atoms with van der Waals surface area (Å²) in [6, 6.07) is 9.51. The molecule has 2 rings (SSSR count). The SMILES string of the molecule is FC(F)(F)c1cccc([I+]c2cccs2)c1. The number of hydrogen-bond donors (Lipinski definition) is 0. The van der Waals surface area contributed by atoms with Crippen LogP contribution in [0.5, 0.6) is 0 Å². The quantitative estimate of drug-likeness (QED) is 0.703. The van der Waals surface area contributed by atoms with Gasteiger partial charge in [-0.15, -0.1) is 0 Å². The van der Waals surface area contributed by atoms with Gasteiger partial charge in [0.15, 0.2) is 3.57 Å². The second-order valence-corrected chi connectivity index (χ2v) is 7.65. The van der Waals surface area contributed by atoms with E-state index in [-0.39, 0.29) is 0 Å². The molecule has 0 atom stereocenters. The summed E-state index contributed by atoms with van der Waals surface area (Å²) in [6.07, 6.45) is -4.24. The van der Waals surface area contributed by atoms with E-state index in [0.29, 0.717) is 0 Å². The van der Waals surface area contributed by atoms with Gasteiger partial charge in [-0.1, -0.05) is 17.4 Å². The van der Waals surface area contributed by atoms with Gasteiger partial charge in [0, 0.05) is 12.1 Å². The fraction of sp³-hybridized carbons (Fsp3) is 0.0909. The van der Waals surface area contributed by atoms with Gasteiger partial charge in [-0.05, 0) is 23.6 Å². The number of alkyl halides is 3. The molecule has 1 aromatic carbocycles. The number of thiophene rings is 1. The van der Waals surface area contributed by atoms with Gasteiger partial charge in [0.1, 0.15) is 0 Å². The molecule has 0 aliphatic carbocycles. The molecule has 5 heteroatoms. The van der Waals surface area contributed by atoms with Gasteiger partial charge in [-0.3, -0.25) is 0 Å². The molecule has 84 valence electrons. The molecular weight excluding hydrogens is 348 g/mol. The van der Waals surface area contributed by atoms with Crippen molar-refractivity contribution in [1.29, 1.82) is 0 Å². The lowest BCUT2D eigenvalue weighted by Gasteiger charge is -2.04. The second kappa shape index (κ2) is 4.75. The third-order valence-corrected chi connectivity index (χ3v) is 5.96. The Kier molecular flexibility index (Phi) is 3.53. The molecule has 0 unspecified atom stereocenters. The minimum absolute atomic E-state index is 0.480. The average molecular weight is 355 g/mol. The van der Waals surface area contributed by atoms with Crippen LogP contribution in [0.4, 0.5) is 13.2 Å². The van der Waals surface area contributed by atoms with Crippen molar-refractivity contribution in [3.63, 3.8) is 0 Å². The molecule has 0 saturated carbocycles. The first-order chi connectivity index (χ1) is 7.55. The van der Waals surface area contributed by atoms with Gasteiger partial charge in [-0.2, -0.15) is 13.2 Å². The number of benzene rings is 1. The number of hydrogen-bond acceptors (Lipinski definition) is 1. The summed E-state index contributed by atoms with van der Waals surface area (Å²) >= 11 is 1.12. The van der Waals surface area contributed by atoms with Gasteiger partial charge in [0.2, 0.25) is 2.88 Å². The van der Waals surface area contributed by atoms with E-state index in [2.05, 4.69) is 0 Å². The molecule has 0 aliphatic rings. The summed E-state index contributed by atoms with van der Waals surface area (Å²) in [7, 11) is 0. The van der Waals surface area contributed by atoms with Crippen molar-refractivity contribution in [1.82, 2.24) is 0 Å². The Morgan fingerprint density at radius 3 is 2.50 bits per heavy atom. The molecule has 0 N–H and O–H groups in total. The van der Waals surface area contributed by atoms with Crippen LogP contribution < -0.4 is 21.2 Å². The summed E-state index contributed by atoms with van der Waals surface area (Å²) in [5.74, 6) is 0. The van der Waals surface area contributed by atoms with Gasteiger partial charge in [0.25, 0.3) is 0 Å². The maximum absolute atomic E-state index is 12.5. The molecule has 0 fully saturated rings. The Balaban J connectivity index is 2.23. The van der Waals surface area contributed by atoms with Crippen molar-refractivity contribution < 1.29 is 34.4 Å². The molecule has 1 heterocycles. The lowest BCUT2D eigenvalue weighted by atomic mass is 10.2. The topological polar surface area (TPSA) is 0 Å². The summed E-state index contributed by atoms with van der Waals surface area (Å²) in [6.45, 7) is 0. The van der Waals surface area contributed by atoms with Crippen molar-refractivity contribution in [2.24, 2.45) is 0 Å². The maximum atomic E-state index is 12.5. The average Bonchev–Trinajstić information content (AvgIpc) is 2.70. The van der Waals surface area contributed by atoms with Crippen molar-refractivity contribution in [2.75, 3.05) is 0 Å². The normalized spacial score (nSPS) is 11.7. The van der Waals surface area contributed by atoms with Crippen LogP contribution in [-0.2, 0) is 6.18 Å². The Hall–Kier alpha value is -0.560. The van der Waals surface area contributed by atoms with Crippen LogP contribution >= 0.6 is 11.3 Å². The molecule has 16 heavy (non-hydrogen) atoms. The predicted octanol–water partition coefficient (Wildman–Crippen LogP) is 0.895. The van der Waals surface area contributed by atoms with Crippen molar-refractivity contribution >= 4 is 11.3 Å². The minimum atomic E-state index is -4.24. The van der Waals surface area contributed by atoms with Crippen LogP contribution in [0, 0.1) is 6.45 Å². The third-order valence-electron chi connectivity index (χ3n) is 1.84. The second-order valence-electron chi connectivity index (χ2n) is 3.02. The number of halogens is 4. The zero-order chi connectivity index (χ0) is 11.6. The van der Waals surface area contributed by atoms with Crippen LogP contribution in [0.1, 0.15) is 5.56 Å². The van der Waals surface area contributed by atoms with E-state index in [9.17, 15) is 13.2 Å². The van der Waals surface area contributed by atoms with Crippen molar-refractivity contribution in [3.8, 4) is 0 Å². The molecule has 2 aromatic rings. The Morgan fingerprint density at radius 2 is 1.88 bits per heavy atom. The highest BCUT2D eigenvalue weighted by Crippen LogP contribution is 2.28. The van der Waals surface area contributed by atoms with Gasteiger partial charge in [0.05, 0.1) is 5.56 Å². The zero-order valence-corrected chi connectivity index (χ0v) is 10.9. The zero-order valence-electron chi connectivity index (χ0n) is 7.96. The Morgan fingerprint density at radius 1 is 1.06 bits per heavy atom. The van der Waals surface area contributed by atoms with E-state index in [0.717, 1.165) is 9.64 Å². The van der Waals surface area contributed by atoms with Gasteiger partial charge < -0.3 is 0 Å². The lowest BCUT2D eigenvalue weighted by molar-refractivity contribution is -0.591. The highest BCUT2D eigenvalue weighted by molar-refractivity contribution is 7.07. The predicted molar refractivity (Wildman–Crippen MR) is 53.2 cm³/mol. The first kappa shape index (κ1) is 11.9. The molecule has 0 saturated heterocycles. The van der Waals surface area contributed by atoms with E-state index >= 15 is 0 Å². The first-order valence-corrected chi connectivity index (χ1v) is 7.45. The van der Waals surface area contributed by atoms with E-state index in [1.165, 1.54) is 15.0 Å². The first-order valence-electron chi connectivity index (χ1n) is 4.41. The van der Waals surface area contributed by atoms with Gasteiger partial charge >= 0.3 is 27.4 Å². The lowest BCUT2D eigenvalue weighted by Crippen LogP contribution is -3.61. The fourth-order valence-electron chi connectivity index (χ4n) is 1.14. The monoisotopic (exact) mass is 355 g/mol. The molecule has 0 nitrogen and oxygen atoms in total. The molecule has 0 bridgehead atoms. The summed E-state index contributed by atoms with van der Waals surface area (Å²) < 4.78 is 39.4. The van der Waals surface area contributed by atoms with Crippen LogP contribution in [0.15, 0.2) is 41.8 Å². The standard InChI is InChI=1S/C11H7F3IS/c12-11(13,14)8-3-1-4-9(7-8)15-10-5-2-6-16-10/h1-7H/q+1. The van der Waals surface area contributed by atoms with Gasteiger partial charge in [-0.25, -0.2) is 0 Å². The third kappa shape index (κ3) is 2.98. The van der Waals surface area contributed by atoms with E-state index in [4.69, 9.17) is 0 Å². The van der Waals surface area contributed by atoms with E-state index in [1.807, 2.05) is 17.5 Å². The summed E-state index contributed by atoms with van der Waals surface area (Å²) in [5, 5.41) is 1.95.